The fourth-order valence-corrected chi connectivity index (χ4v) is 4.09. The summed E-state index contributed by atoms with van der Waals surface area (Å²) < 4.78 is 6.31. The summed E-state index contributed by atoms with van der Waals surface area (Å²) in [5.74, 6) is 4.32. The minimum atomic E-state index is 0.434. The van der Waals surface area contributed by atoms with Gasteiger partial charge in [-0.15, -0.1) is 0 Å². The van der Waals surface area contributed by atoms with E-state index < -0.39 is 0 Å². The minimum Gasteiger partial charge on any atom is -0.490 e. The van der Waals surface area contributed by atoms with Crippen LogP contribution in [-0.4, -0.2) is 30.7 Å². The van der Waals surface area contributed by atoms with Gasteiger partial charge in [0.2, 0.25) is 0 Å². The van der Waals surface area contributed by atoms with Crippen molar-refractivity contribution in [2.24, 2.45) is 0 Å². The zero-order valence-corrected chi connectivity index (χ0v) is 12.3. The van der Waals surface area contributed by atoms with Crippen molar-refractivity contribution in [1.82, 2.24) is 5.32 Å². The number of nitrogens with one attached hydrogen (secondary N) is 1. The third-order valence-corrected chi connectivity index (χ3v) is 5.21. The van der Waals surface area contributed by atoms with E-state index in [4.69, 9.17) is 4.74 Å². The lowest BCUT2D eigenvalue weighted by atomic mass is 9.89. The van der Waals surface area contributed by atoms with E-state index >= 15 is 0 Å². The molecule has 2 saturated heterocycles. The first kappa shape index (κ1) is 13.3. The summed E-state index contributed by atoms with van der Waals surface area (Å²) in [4.78, 5) is 0. The predicted molar refractivity (Wildman–Crippen MR) is 82.3 cm³/mol. The molecule has 0 saturated carbocycles. The number of hydrogen-bond donors (Lipinski definition) is 1. The largest absolute Gasteiger partial charge is 0.490 e. The van der Waals surface area contributed by atoms with Crippen molar-refractivity contribution in [3.63, 3.8) is 0 Å². The highest BCUT2D eigenvalue weighted by molar-refractivity contribution is 7.99. The molecule has 0 radical (unpaired) electrons. The van der Waals surface area contributed by atoms with E-state index in [1.54, 1.807) is 0 Å². The lowest BCUT2D eigenvalue weighted by Gasteiger charge is -2.28. The molecule has 2 heterocycles. The third kappa shape index (κ3) is 3.46. The summed E-state index contributed by atoms with van der Waals surface area (Å²) in [6.45, 7) is 2.28. The second kappa shape index (κ2) is 6.67. The Labute approximate surface area is 120 Å². The molecule has 0 atom stereocenters. The number of para-hydroxylation sites is 1. The van der Waals surface area contributed by atoms with Crippen molar-refractivity contribution in [1.29, 1.82) is 0 Å². The highest BCUT2D eigenvalue weighted by atomic mass is 32.2. The van der Waals surface area contributed by atoms with E-state index in [-0.39, 0.29) is 0 Å². The quantitative estimate of drug-likeness (QED) is 0.914. The predicted octanol–water partition coefficient (Wildman–Crippen LogP) is 3.43. The van der Waals surface area contributed by atoms with Crippen LogP contribution < -0.4 is 10.1 Å². The summed E-state index contributed by atoms with van der Waals surface area (Å²) in [7, 11) is 0. The topological polar surface area (TPSA) is 21.3 Å². The Morgan fingerprint density at radius 3 is 2.53 bits per heavy atom. The first-order valence-corrected chi connectivity index (χ1v) is 8.63. The van der Waals surface area contributed by atoms with Crippen LogP contribution in [0.4, 0.5) is 0 Å². The molecule has 2 aliphatic rings. The zero-order valence-electron chi connectivity index (χ0n) is 11.4. The maximum Gasteiger partial charge on any atom is 0.123 e. The zero-order chi connectivity index (χ0) is 12.9. The number of hydrogen-bond acceptors (Lipinski definition) is 3. The molecule has 0 aromatic heterocycles. The van der Waals surface area contributed by atoms with Crippen LogP contribution in [0.3, 0.4) is 0 Å². The van der Waals surface area contributed by atoms with Gasteiger partial charge in [-0.3, -0.25) is 0 Å². The molecule has 3 heteroatoms. The second-order valence-corrected chi connectivity index (χ2v) is 6.72. The summed E-state index contributed by atoms with van der Waals surface area (Å²) in [6, 6.07) is 8.69. The van der Waals surface area contributed by atoms with E-state index in [0.717, 1.165) is 18.8 Å². The van der Waals surface area contributed by atoms with Crippen molar-refractivity contribution in [3.8, 4) is 5.75 Å². The minimum absolute atomic E-state index is 0.434. The van der Waals surface area contributed by atoms with Crippen LogP contribution in [0.2, 0.25) is 0 Å². The molecule has 0 amide bonds. The average molecular weight is 277 g/mol. The SMILES string of the molecule is c1ccc(C2CCNCC2)c(OC2CCSCC2)c1. The van der Waals surface area contributed by atoms with Gasteiger partial charge in [-0.25, -0.2) is 0 Å². The van der Waals surface area contributed by atoms with E-state index in [2.05, 4.69) is 41.3 Å². The van der Waals surface area contributed by atoms with Gasteiger partial charge in [0, 0.05) is 0 Å². The first-order valence-electron chi connectivity index (χ1n) is 7.47. The van der Waals surface area contributed by atoms with Crippen LogP contribution >= 0.6 is 11.8 Å². The van der Waals surface area contributed by atoms with E-state index in [9.17, 15) is 0 Å². The van der Waals surface area contributed by atoms with Crippen LogP contribution in [0.15, 0.2) is 24.3 Å². The molecular formula is C16H23NOS. The smallest absolute Gasteiger partial charge is 0.123 e. The molecule has 0 spiro atoms. The van der Waals surface area contributed by atoms with Crippen LogP contribution in [0.25, 0.3) is 0 Å². The summed E-state index contributed by atoms with van der Waals surface area (Å²) in [5, 5.41) is 3.44. The Morgan fingerprint density at radius 2 is 1.74 bits per heavy atom. The Kier molecular flexibility index (Phi) is 4.67. The summed E-state index contributed by atoms with van der Waals surface area (Å²) in [6.07, 6.45) is 5.31. The molecule has 1 N–H and O–H groups in total. The third-order valence-electron chi connectivity index (χ3n) is 4.16. The fraction of sp³-hybridized carbons (Fsp3) is 0.625. The van der Waals surface area contributed by atoms with Gasteiger partial charge in [-0.2, -0.15) is 11.8 Å². The molecule has 19 heavy (non-hydrogen) atoms. The first-order chi connectivity index (χ1) is 9.43. The lowest BCUT2D eigenvalue weighted by molar-refractivity contribution is 0.189. The standard InChI is InChI=1S/C16H23NOS/c1-2-4-16(18-14-7-11-19-12-8-14)15(3-1)13-5-9-17-10-6-13/h1-4,13-14,17H,5-12H2. The number of rotatable bonds is 3. The molecule has 2 aliphatic heterocycles. The molecule has 1 aromatic carbocycles. The van der Waals surface area contributed by atoms with Crippen molar-refractivity contribution in [3.05, 3.63) is 29.8 Å². The highest BCUT2D eigenvalue weighted by Crippen LogP contribution is 2.34. The van der Waals surface area contributed by atoms with Gasteiger partial charge in [0.15, 0.2) is 0 Å². The van der Waals surface area contributed by atoms with E-state index in [1.165, 1.54) is 42.8 Å². The normalized spacial score (nSPS) is 22.3. The molecule has 2 fully saturated rings. The number of ether oxygens (including phenoxy) is 1. The molecule has 2 nitrogen and oxygen atoms in total. The summed E-state index contributed by atoms with van der Waals surface area (Å²) in [5.41, 5.74) is 1.43. The molecule has 104 valence electrons. The Bertz CT molecular complexity index is 397. The van der Waals surface area contributed by atoms with Crippen LogP contribution in [-0.2, 0) is 0 Å². The highest BCUT2D eigenvalue weighted by Gasteiger charge is 2.21. The van der Waals surface area contributed by atoms with Crippen molar-refractivity contribution < 1.29 is 4.74 Å². The average Bonchev–Trinajstić information content (AvgIpc) is 2.50. The molecule has 3 rings (SSSR count). The maximum atomic E-state index is 6.31. The molecule has 1 aromatic rings. The van der Waals surface area contributed by atoms with Crippen molar-refractivity contribution in [2.45, 2.75) is 37.7 Å². The Hall–Kier alpha value is -0.670. The van der Waals surface area contributed by atoms with Gasteiger partial charge in [0.25, 0.3) is 0 Å². The number of thioether (sulfide) groups is 1. The van der Waals surface area contributed by atoms with Crippen LogP contribution in [0.1, 0.15) is 37.2 Å². The van der Waals surface area contributed by atoms with Gasteiger partial charge in [0.05, 0.1) is 0 Å². The van der Waals surface area contributed by atoms with Gasteiger partial charge >= 0.3 is 0 Å². The Balaban J connectivity index is 1.72. The molecular weight excluding hydrogens is 254 g/mol. The van der Waals surface area contributed by atoms with Gasteiger partial charge in [-0.05, 0) is 67.8 Å². The van der Waals surface area contributed by atoms with E-state index in [1.807, 2.05) is 0 Å². The molecule has 0 bridgehead atoms. The number of benzene rings is 1. The summed E-state index contributed by atoms with van der Waals surface area (Å²) >= 11 is 2.05. The van der Waals surface area contributed by atoms with Gasteiger partial charge in [-0.1, -0.05) is 18.2 Å². The molecule has 0 unspecified atom stereocenters. The lowest BCUT2D eigenvalue weighted by Crippen LogP contribution is -2.27. The molecule has 0 aliphatic carbocycles. The van der Waals surface area contributed by atoms with Gasteiger partial charge in [0.1, 0.15) is 11.9 Å². The van der Waals surface area contributed by atoms with Crippen LogP contribution in [0, 0.1) is 0 Å². The maximum absolute atomic E-state index is 6.31. The van der Waals surface area contributed by atoms with Gasteiger partial charge < -0.3 is 10.1 Å². The number of piperidine rings is 1. The van der Waals surface area contributed by atoms with Crippen molar-refractivity contribution >= 4 is 11.8 Å². The van der Waals surface area contributed by atoms with Crippen molar-refractivity contribution in [2.75, 3.05) is 24.6 Å². The van der Waals surface area contributed by atoms with Crippen LogP contribution in [0.5, 0.6) is 5.75 Å². The second-order valence-electron chi connectivity index (χ2n) is 5.49. The van der Waals surface area contributed by atoms with E-state index in [0.29, 0.717) is 12.0 Å². The Morgan fingerprint density at radius 1 is 1.00 bits per heavy atom. The monoisotopic (exact) mass is 277 g/mol. The fourth-order valence-electron chi connectivity index (χ4n) is 3.03.